The first kappa shape index (κ1) is 14.0. The van der Waals surface area contributed by atoms with Crippen LogP contribution >= 0.6 is 0 Å². The van der Waals surface area contributed by atoms with Crippen molar-refractivity contribution in [2.24, 2.45) is 7.05 Å². The number of hydrogen-bond donors (Lipinski definition) is 1. The number of aryl methyl sites for hydroxylation is 1. The maximum absolute atomic E-state index is 11.1. The van der Waals surface area contributed by atoms with E-state index in [4.69, 9.17) is 0 Å². The van der Waals surface area contributed by atoms with Crippen molar-refractivity contribution in [3.63, 3.8) is 0 Å². The highest BCUT2D eigenvalue weighted by Crippen LogP contribution is 2.31. The summed E-state index contributed by atoms with van der Waals surface area (Å²) in [5, 5.41) is 24.5. The SMILES string of the molecule is CC(C)NCc1c(C#N)n(C)c2c([N+](=O)[O-])cccc12. The van der Waals surface area contributed by atoms with E-state index < -0.39 is 4.92 Å². The van der Waals surface area contributed by atoms with E-state index in [1.807, 2.05) is 19.9 Å². The van der Waals surface area contributed by atoms with Crippen molar-refractivity contribution >= 4 is 16.6 Å². The molecule has 0 aliphatic carbocycles. The summed E-state index contributed by atoms with van der Waals surface area (Å²) in [5.41, 5.74) is 1.79. The van der Waals surface area contributed by atoms with Crippen LogP contribution in [0.3, 0.4) is 0 Å². The molecule has 0 atom stereocenters. The summed E-state index contributed by atoms with van der Waals surface area (Å²) in [4.78, 5) is 10.7. The van der Waals surface area contributed by atoms with Gasteiger partial charge in [0.15, 0.2) is 0 Å². The second kappa shape index (κ2) is 5.31. The first-order chi connectivity index (χ1) is 9.47. The van der Waals surface area contributed by atoms with Crippen LogP contribution in [0.15, 0.2) is 18.2 Å². The number of aromatic nitrogens is 1. The van der Waals surface area contributed by atoms with Crippen molar-refractivity contribution in [3.05, 3.63) is 39.6 Å². The second-order valence-corrected chi connectivity index (χ2v) is 4.96. The highest BCUT2D eigenvalue weighted by atomic mass is 16.6. The second-order valence-electron chi connectivity index (χ2n) is 4.96. The zero-order chi connectivity index (χ0) is 14.9. The number of para-hydroxylation sites is 1. The third-order valence-electron chi connectivity index (χ3n) is 3.29. The van der Waals surface area contributed by atoms with Gasteiger partial charge in [0.05, 0.1) is 4.92 Å². The van der Waals surface area contributed by atoms with Crippen molar-refractivity contribution in [2.45, 2.75) is 26.4 Å². The Hall–Kier alpha value is -2.39. The number of fused-ring (bicyclic) bond motifs is 1. The first-order valence-electron chi connectivity index (χ1n) is 6.35. The van der Waals surface area contributed by atoms with Crippen LogP contribution < -0.4 is 5.32 Å². The lowest BCUT2D eigenvalue weighted by atomic mass is 10.1. The zero-order valence-corrected chi connectivity index (χ0v) is 11.7. The molecule has 2 aromatic rings. The lowest BCUT2D eigenvalue weighted by molar-refractivity contribution is -0.383. The fourth-order valence-electron chi connectivity index (χ4n) is 2.34. The third-order valence-corrected chi connectivity index (χ3v) is 3.29. The summed E-state index contributed by atoms with van der Waals surface area (Å²) < 4.78 is 1.60. The van der Waals surface area contributed by atoms with Gasteiger partial charge in [-0.15, -0.1) is 0 Å². The Morgan fingerprint density at radius 1 is 1.50 bits per heavy atom. The van der Waals surface area contributed by atoms with Gasteiger partial charge in [-0.1, -0.05) is 26.0 Å². The van der Waals surface area contributed by atoms with Crippen molar-refractivity contribution in [1.82, 2.24) is 9.88 Å². The smallest absolute Gasteiger partial charge is 0.293 e. The molecule has 0 unspecified atom stereocenters. The summed E-state index contributed by atoms with van der Waals surface area (Å²) in [5.74, 6) is 0. The first-order valence-corrected chi connectivity index (χ1v) is 6.35. The Balaban J connectivity index is 2.71. The summed E-state index contributed by atoms with van der Waals surface area (Å²) in [6.07, 6.45) is 0. The molecule has 1 aromatic heterocycles. The number of rotatable bonds is 4. The average molecular weight is 272 g/mol. The number of nitrogens with one attached hydrogen (secondary N) is 1. The van der Waals surface area contributed by atoms with Crippen molar-refractivity contribution in [3.8, 4) is 6.07 Å². The maximum Gasteiger partial charge on any atom is 0.293 e. The van der Waals surface area contributed by atoms with Gasteiger partial charge in [-0.3, -0.25) is 10.1 Å². The molecule has 0 fully saturated rings. The van der Waals surface area contributed by atoms with Crippen LogP contribution in [0.25, 0.3) is 10.9 Å². The molecule has 1 heterocycles. The number of benzene rings is 1. The van der Waals surface area contributed by atoms with Crippen LogP contribution in [0.2, 0.25) is 0 Å². The molecule has 104 valence electrons. The summed E-state index contributed by atoms with van der Waals surface area (Å²) in [7, 11) is 1.69. The highest BCUT2D eigenvalue weighted by molar-refractivity contribution is 5.93. The highest BCUT2D eigenvalue weighted by Gasteiger charge is 2.22. The number of hydrogen-bond acceptors (Lipinski definition) is 4. The van der Waals surface area contributed by atoms with E-state index in [1.54, 1.807) is 17.7 Å². The molecule has 20 heavy (non-hydrogen) atoms. The minimum Gasteiger partial charge on any atom is -0.330 e. The lowest BCUT2D eigenvalue weighted by Crippen LogP contribution is -2.22. The third kappa shape index (κ3) is 2.24. The van der Waals surface area contributed by atoms with E-state index in [9.17, 15) is 15.4 Å². The topological polar surface area (TPSA) is 83.9 Å². The van der Waals surface area contributed by atoms with Gasteiger partial charge in [-0.25, -0.2) is 0 Å². The number of nitriles is 1. The predicted octanol–water partition coefficient (Wildman–Crippen LogP) is 2.46. The van der Waals surface area contributed by atoms with Gasteiger partial charge >= 0.3 is 0 Å². The van der Waals surface area contributed by atoms with E-state index in [-0.39, 0.29) is 11.7 Å². The molecule has 6 heteroatoms. The largest absolute Gasteiger partial charge is 0.330 e. The van der Waals surface area contributed by atoms with Crippen LogP contribution in [-0.4, -0.2) is 15.5 Å². The van der Waals surface area contributed by atoms with Crippen LogP contribution in [0.4, 0.5) is 5.69 Å². The Bertz CT molecular complexity index is 710. The summed E-state index contributed by atoms with van der Waals surface area (Å²) >= 11 is 0. The molecular formula is C14H16N4O2. The average Bonchev–Trinajstić information content (AvgIpc) is 2.68. The number of nitro benzene ring substituents is 1. The van der Waals surface area contributed by atoms with Gasteiger partial charge in [0.25, 0.3) is 5.69 Å². The van der Waals surface area contributed by atoms with E-state index in [0.29, 0.717) is 17.8 Å². The fourth-order valence-corrected chi connectivity index (χ4v) is 2.34. The molecule has 0 saturated carbocycles. The van der Waals surface area contributed by atoms with Gasteiger partial charge in [0.2, 0.25) is 0 Å². The monoisotopic (exact) mass is 272 g/mol. The van der Waals surface area contributed by atoms with Crippen LogP contribution in [-0.2, 0) is 13.6 Å². The van der Waals surface area contributed by atoms with Crippen molar-refractivity contribution in [2.75, 3.05) is 0 Å². The van der Waals surface area contributed by atoms with E-state index >= 15 is 0 Å². The standard InChI is InChI=1S/C14H16N4O2/c1-9(2)16-8-11-10-5-4-6-12(18(19)20)14(10)17(3)13(11)7-15/h4-6,9,16H,8H2,1-3H3. The van der Waals surface area contributed by atoms with E-state index in [0.717, 1.165) is 10.9 Å². The van der Waals surface area contributed by atoms with Crippen LogP contribution in [0.1, 0.15) is 25.1 Å². The van der Waals surface area contributed by atoms with Crippen LogP contribution in [0.5, 0.6) is 0 Å². The normalized spacial score (nSPS) is 10.9. The van der Waals surface area contributed by atoms with Crippen LogP contribution in [0, 0.1) is 21.4 Å². The summed E-state index contributed by atoms with van der Waals surface area (Å²) in [6.45, 7) is 4.54. The van der Waals surface area contributed by atoms with Gasteiger partial charge in [0.1, 0.15) is 17.3 Å². The summed E-state index contributed by atoms with van der Waals surface area (Å²) in [6, 6.07) is 7.35. The minimum absolute atomic E-state index is 0.0253. The maximum atomic E-state index is 11.1. The quantitative estimate of drug-likeness (QED) is 0.684. The number of nitro groups is 1. The fraction of sp³-hybridized carbons (Fsp3) is 0.357. The van der Waals surface area contributed by atoms with Gasteiger partial charge < -0.3 is 9.88 Å². The molecule has 0 radical (unpaired) electrons. The zero-order valence-electron chi connectivity index (χ0n) is 11.7. The van der Waals surface area contributed by atoms with Crippen molar-refractivity contribution in [1.29, 1.82) is 5.26 Å². The molecule has 2 rings (SSSR count). The Morgan fingerprint density at radius 2 is 2.20 bits per heavy atom. The van der Waals surface area contributed by atoms with E-state index in [2.05, 4.69) is 11.4 Å². The minimum atomic E-state index is -0.414. The molecule has 6 nitrogen and oxygen atoms in total. The molecule has 0 saturated heterocycles. The molecule has 0 bridgehead atoms. The number of non-ortho nitro benzene ring substituents is 1. The molecule has 1 aromatic carbocycles. The Kier molecular flexibility index (Phi) is 3.72. The molecule has 0 aliphatic rings. The van der Waals surface area contributed by atoms with E-state index in [1.165, 1.54) is 6.07 Å². The molecule has 0 aliphatic heterocycles. The van der Waals surface area contributed by atoms with Crippen molar-refractivity contribution < 1.29 is 4.92 Å². The molecule has 1 N–H and O–H groups in total. The lowest BCUT2D eigenvalue weighted by Gasteiger charge is -2.07. The van der Waals surface area contributed by atoms with Gasteiger partial charge in [0, 0.05) is 36.7 Å². The predicted molar refractivity (Wildman–Crippen MR) is 76.3 cm³/mol. The Labute approximate surface area is 116 Å². The molecule has 0 spiro atoms. The molecular weight excluding hydrogens is 256 g/mol. The van der Waals surface area contributed by atoms with Gasteiger partial charge in [-0.2, -0.15) is 5.26 Å². The number of nitrogens with zero attached hydrogens (tertiary/aromatic N) is 3. The van der Waals surface area contributed by atoms with Gasteiger partial charge in [-0.05, 0) is 0 Å². The Morgan fingerprint density at radius 3 is 2.75 bits per heavy atom. The molecule has 0 amide bonds.